The molecule has 0 unspecified atom stereocenters. The molecule has 1 N–H and O–H groups in total. The van der Waals surface area contributed by atoms with Crippen molar-refractivity contribution in [3.63, 3.8) is 0 Å². The highest BCUT2D eigenvalue weighted by molar-refractivity contribution is 7.16. The first-order valence-corrected chi connectivity index (χ1v) is 4.74. The summed E-state index contributed by atoms with van der Waals surface area (Å²) in [6, 6.07) is 3.59. The van der Waals surface area contributed by atoms with Crippen LogP contribution in [0, 0.1) is 6.92 Å². The molecule has 0 fully saturated rings. The molecule has 14 heavy (non-hydrogen) atoms. The van der Waals surface area contributed by atoms with Gasteiger partial charge in [0, 0.05) is 0 Å². The Morgan fingerprint density at radius 3 is 2.86 bits per heavy atom. The maximum absolute atomic E-state index is 10.6. The monoisotopic (exact) mass is 209 g/mol. The van der Waals surface area contributed by atoms with E-state index in [0.29, 0.717) is 10.8 Å². The number of thiazole rings is 1. The molecule has 2 heterocycles. The van der Waals surface area contributed by atoms with Crippen LogP contribution in [0.25, 0.3) is 10.8 Å². The molecule has 0 aromatic carbocycles. The zero-order valence-electron chi connectivity index (χ0n) is 7.35. The van der Waals surface area contributed by atoms with Crippen LogP contribution in [0.2, 0.25) is 0 Å². The van der Waals surface area contributed by atoms with E-state index in [4.69, 9.17) is 9.52 Å². The lowest BCUT2D eigenvalue weighted by atomic mass is 10.4. The van der Waals surface area contributed by atoms with Crippen molar-refractivity contribution in [2.45, 2.75) is 6.92 Å². The van der Waals surface area contributed by atoms with Gasteiger partial charge in [0.2, 0.25) is 0 Å². The Labute approximate surface area is 83.8 Å². The number of nitrogens with zero attached hydrogens (tertiary/aromatic N) is 1. The van der Waals surface area contributed by atoms with E-state index in [0.717, 1.165) is 17.1 Å². The van der Waals surface area contributed by atoms with Gasteiger partial charge in [-0.25, -0.2) is 9.78 Å². The smallest absolute Gasteiger partial charge is 0.347 e. The van der Waals surface area contributed by atoms with Gasteiger partial charge in [0.1, 0.15) is 10.6 Å². The van der Waals surface area contributed by atoms with Gasteiger partial charge in [0.25, 0.3) is 0 Å². The molecule has 0 radical (unpaired) electrons. The Kier molecular flexibility index (Phi) is 2.09. The molecule has 0 bridgehead atoms. The van der Waals surface area contributed by atoms with Gasteiger partial charge in [-0.15, -0.1) is 11.3 Å². The third-order valence-corrected chi connectivity index (χ3v) is 2.67. The van der Waals surface area contributed by atoms with Crippen molar-refractivity contribution >= 4 is 17.3 Å². The topological polar surface area (TPSA) is 63.3 Å². The number of carbonyl (C=O) groups is 1. The first-order chi connectivity index (χ1) is 6.66. The number of aromatic carboxylic acids is 1. The van der Waals surface area contributed by atoms with Gasteiger partial charge in [0.05, 0.1) is 6.20 Å². The number of aryl methyl sites for hydroxylation is 1. The van der Waals surface area contributed by atoms with E-state index in [9.17, 15) is 4.79 Å². The van der Waals surface area contributed by atoms with Gasteiger partial charge in [-0.2, -0.15) is 0 Å². The summed E-state index contributed by atoms with van der Waals surface area (Å²) in [5.74, 6) is 0.434. The van der Waals surface area contributed by atoms with Crippen molar-refractivity contribution in [1.29, 1.82) is 0 Å². The predicted octanol–water partition coefficient (Wildman–Crippen LogP) is 2.41. The van der Waals surface area contributed by atoms with Crippen LogP contribution in [0.5, 0.6) is 0 Å². The molecule has 0 saturated heterocycles. The Morgan fingerprint density at radius 1 is 1.57 bits per heavy atom. The third-order valence-electron chi connectivity index (χ3n) is 1.67. The zero-order chi connectivity index (χ0) is 10.1. The van der Waals surface area contributed by atoms with Gasteiger partial charge in [-0.3, -0.25) is 0 Å². The lowest BCUT2D eigenvalue weighted by molar-refractivity contribution is 0.0702. The summed E-state index contributed by atoms with van der Waals surface area (Å²) in [5.41, 5.74) is 0. The highest BCUT2D eigenvalue weighted by Crippen LogP contribution is 2.26. The summed E-state index contributed by atoms with van der Waals surface area (Å²) in [6.07, 6.45) is 1.33. The molecule has 72 valence electrons. The normalized spacial score (nSPS) is 10.4. The predicted molar refractivity (Wildman–Crippen MR) is 51.5 cm³/mol. The van der Waals surface area contributed by atoms with Crippen LogP contribution in [0.4, 0.5) is 0 Å². The van der Waals surface area contributed by atoms with Crippen molar-refractivity contribution in [3.8, 4) is 10.8 Å². The molecular weight excluding hydrogens is 202 g/mol. The molecule has 0 aliphatic heterocycles. The van der Waals surface area contributed by atoms with Gasteiger partial charge >= 0.3 is 5.97 Å². The van der Waals surface area contributed by atoms with Gasteiger partial charge in [-0.1, -0.05) is 0 Å². The van der Waals surface area contributed by atoms with E-state index in [2.05, 4.69) is 4.98 Å². The molecule has 0 saturated carbocycles. The molecule has 2 aromatic rings. The van der Waals surface area contributed by atoms with Crippen LogP contribution in [0.3, 0.4) is 0 Å². The second kappa shape index (κ2) is 3.26. The fourth-order valence-electron chi connectivity index (χ4n) is 1.04. The second-order valence-electron chi connectivity index (χ2n) is 2.75. The summed E-state index contributed by atoms with van der Waals surface area (Å²) in [5, 5.41) is 9.28. The highest BCUT2D eigenvalue weighted by Gasteiger charge is 2.11. The maximum Gasteiger partial charge on any atom is 0.347 e. The van der Waals surface area contributed by atoms with Crippen LogP contribution in [0.1, 0.15) is 15.4 Å². The third kappa shape index (κ3) is 1.54. The summed E-state index contributed by atoms with van der Waals surface area (Å²) in [4.78, 5) is 14.8. The van der Waals surface area contributed by atoms with Crippen molar-refractivity contribution in [1.82, 2.24) is 4.98 Å². The quantitative estimate of drug-likeness (QED) is 0.824. The first kappa shape index (κ1) is 8.96. The number of aromatic nitrogens is 1. The standard InChI is InChI=1S/C9H7NO3S/c1-5-2-3-6(13-5)8-10-4-7(14-8)9(11)12/h2-4H,1H3,(H,11,12). The summed E-state index contributed by atoms with van der Waals surface area (Å²) >= 11 is 1.10. The van der Waals surface area contributed by atoms with Crippen LogP contribution in [-0.4, -0.2) is 16.1 Å². The van der Waals surface area contributed by atoms with Crippen molar-refractivity contribution in [2.75, 3.05) is 0 Å². The Balaban J connectivity index is 2.38. The van der Waals surface area contributed by atoms with Gasteiger partial charge in [0.15, 0.2) is 10.8 Å². The summed E-state index contributed by atoms with van der Waals surface area (Å²) in [7, 11) is 0. The summed E-state index contributed by atoms with van der Waals surface area (Å²) < 4.78 is 5.32. The number of hydrogen-bond acceptors (Lipinski definition) is 4. The van der Waals surface area contributed by atoms with E-state index in [1.807, 2.05) is 13.0 Å². The van der Waals surface area contributed by atoms with E-state index < -0.39 is 5.97 Å². The minimum atomic E-state index is -0.961. The van der Waals surface area contributed by atoms with Crippen LogP contribution in [-0.2, 0) is 0 Å². The minimum absolute atomic E-state index is 0.217. The maximum atomic E-state index is 10.6. The van der Waals surface area contributed by atoms with Gasteiger partial charge < -0.3 is 9.52 Å². The van der Waals surface area contributed by atoms with E-state index in [1.165, 1.54) is 6.20 Å². The van der Waals surface area contributed by atoms with Crippen LogP contribution < -0.4 is 0 Å². The SMILES string of the molecule is Cc1ccc(-c2ncc(C(=O)O)s2)o1. The molecule has 4 nitrogen and oxygen atoms in total. The Hall–Kier alpha value is -1.62. The van der Waals surface area contributed by atoms with E-state index in [1.54, 1.807) is 6.07 Å². The molecular formula is C9H7NO3S. The molecule has 0 atom stereocenters. The molecule has 2 aromatic heterocycles. The van der Waals surface area contributed by atoms with Crippen LogP contribution >= 0.6 is 11.3 Å². The number of rotatable bonds is 2. The minimum Gasteiger partial charge on any atom is -0.477 e. The van der Waals surface area contributed by atoms with Crippen LogP contribution in [0.15, 0.2) is 22.7 Å². The number of hydrogen-bond donors (Lipinski definition) is 1. The lowest BCUT2D eigenvalue weighted by Crippen LogP contribution is -1.89. The highest BCUT2D eigenvalue weighted by atomic mass is 32.1. The zero-order valence-corrected chi connectivity index (χ0v) is 8.17. The fourth-order valence-corrected chi connectivity index (χ4v) is 1.75. The molecule has 0 aliphatic rings. The average molecular weight is 209 g/mol. The van der Waals surface area contributed by atoms with Gasteiger partial charge in [-0.05, 0) is 19.1 Å². The summed E-state index contributed by atoms with van der Waals surface area (Å²) in [6.45, 7) is 1.83. The molecule has 0 amide bonds. The Morgan fingerprint density at radius 2 is 2.36 bits per heavy atom. The fraction of sp³-hybridized carbons (Fsp3) is 0.111. The number of carboxylic acids is 1. The Bertz CT molecular complexity index is 472. The molecule has 0 aliphatic carbocycles. The lowest BCUT2D eigenvalue weighted by Gasteiger charge is -1.86. The first-order valence-electron chi connectivity index (χ1n) is 3.93. The molecule has 5 heteroatoms. The van der Waals surface area contributed by atoms with Crippen molar-refractivity contribution in [2.24, 2.45) is 0 Å². The van der Waals surface area contributed by atoms with Crippen molar-refractivity contribution in [3.05, 3.63) is 29.0 Å². The molecule has 0 spiro atoms. The number of furan rings is 1. The average Bonchev–Trinajstić information content (AvgIpc) is 2.70. The second-order valence-corrected chi connectivity index (χ2v) is 3.78. The van der Waals surface area contributed by atoms with E-state index >= 15 is 0 Å². The molecule has 2 rings (SSSR count). The van der Waals surface area contributed by atoms with E-state index in [-0.39, 0.29) is 4.88 Å². The van der Waals surface area contributed by atoms with Crippen molar-refractivity contribution < 1.29 is 14.3 Å². The number of carboxylic acid groups (broad SMARTS) is 1. The largest absolute Gasteiger partial charge is 0.477 e.